The molecule has 1 heterocycles. The largest absolute Gasteiger partial charge is 0.456 e. The van der Waals surface area contributed by atoms with Gasteiger partial charge < -0.3 is 9.64 Å². The molecule has 7 nitrogen and oxygen atoms in total. The van der Waals surface area contributed by atoms with Crippen molar-refractivity contribution in [3.8, 4) is 0 Å². The minimum absolute atomic E-state index is 0.0784. The fraction of sp³-hybridized carbons (Fsp3) is 0.500. The first kappa shape index (κ1) is 33.5. The molecular weight excluding hydrogens is 492 g/mol. The number of allylic oxidation sites excluding steroid dienone is 12. The van der Waals surface area contributed by atoms with Crippen molar-refractivity contribution in [2.75, 3.05) is 13.2 Å². The Kier molecular flexibility index (Phi) is 19.4. The normalized spacial score (nSPS) is 15.2. The highest BCUT2D eigenvalue weighted by Gasteiger charge is 2.32. The van der Waals surface area contributed by atoms with Crippen molar-refractivity contribution in [3.05, 3.63) is 72.9 Å². The number of carbonyl (C=O) groups excluding carboxylic acids is 4. The monoisotopic (exact) mass is 538 g/mol. The minimum Gasteiger partial charge on any atom is -0.456 e. The van der Waals surface area contributed by atoms with Crippen LogP contribution in [0.5, 0.6) is 0 Å². The Bertz CT molecular complexity index is 927. The molecule has 0 aromatic heterocycles. The van der Waals surface area contributed by atoms with E-state index in [4.69, 9.17) is 4.74 Å². The number of amides is 3. The lowest BCUT2D eigenvalue weighted by atomic mass is 10.2. The Morgan fingerprint density at radius 1 is 0.821 bits per heavy atom. The average molecular weight is 539 g/mol. The van der Waals surface area contributed by atoms with Crippen LogP contribution in [0.1, 0.15) is 84.5 Å². The van der Waals surface area contributed by atoms with Gasteiger partial charge in [-0.05, 0) is 57.8 Å². The van der Waals surface area contributed by atoms with Crippen LogP contribution in [0.2, 0.25) is 0 Å². The molecule has 1 rings (SSSR count). The van der Waals surface area contributed by atoms with E-state index in [1.165, 1.54) is 4.90 Å². The molecule has 3 amide bonds. The van der Waals surface area contributed by atoms with E-state index in [-0.39, 0.29) is 12.3 Å². The molecule has 0 aliphatic carbocycles. The first-order valence-corrected chi connectivity index (χ1v) is 14.2. The second kappa shape index (κ2) is 22.5. The molecular formula is C32H46N2O5. The lowest BCUT2D eigenvalue weighted by Gasteiger charge is -2.25. The predicted molar refractivity (Wildman–Crippen MR) is 157 cm³/mol. The summed E-state index contributed by atoms with van der Waals surface area (Å²) in [4.78, 5) is 49.5. The first-order valence-electron chi connectivity index (χ1n) is 14.2. The second-order valence-electron chi connectivity index (χ2n) is 9.14. The molecule has 1 saturated heterocycles. The second-order valence-corrected chi connectivity index (χ2v) is 9.14. The number of esters is 1. The lowest BCUT2D eigenvalue weighted by molar-refractivity contribution is -0.150. The summed E-state index contributed by atoms with van der Waals surface area (Å²) in [7, 11) is 0. The molecule has 1 N–H and O–H groups in total. The Balaban J connectivity index is 2.08. The number of nitrogens with zero attached hydrogens (tertiary/aromatic N) is 1. The van der Waals surface area contributed by atoms with Crippen LogP contribution in [0, 0.1) is 0 Å². The molecule has 0 spiro atoms. The highest BCUT2D eigenvalue weighted by Crippen LogP contribution is 2.15. The lowest BCUT2D eigenvalue weighted by Crippen LogP contribution is -2.49. The Hall–Kier alpha value is -3.48. The molecule has 1 aliphatic rings. The number of ether oxygens (including phenoxy) is 1. The molecule has 39 heavy (non-hydrogen) atoms. The van der Waals surface area contributed by atoms with E-state index in [2.05, 4.69) is 73.0 Å². The van der Waals surface area contributed by atoms with Crippen LogP contribution in [-0.4, -0.2) is 47.8 Å². The average Bonchev–Trinajstić information content (AvgIpc) is 3.34. The van der Waals surface area contributed by atoms with Gasteiger partial charge in [0.05, 0.1) is 0 Å². The van der Waals surface area contributed by atoms with Gasteiger partial charge in [0.25, 0.3) is 5.91 Å². The van der Waals surface area contributed by atoms with Gasteiger partial charge in [-0.3, -0.25) is 24.5 Å². The Labute approximate surface area is 234 Å². The van der Waals surface area contributed by atoms with Crippen molar-refractivity contribution in [3.63, 3.8) is 0 Å². The van der Waals surface area contributed by atoms with E-state index < -0.39 is 30.4 Å². The smallest absolute Gasteiger partial charge is 0.306 e. The third-order valence-electron chi connectivity index (χ3n) is 5.91. The van der Waals surface area contributed by atoms with Gasteiger partial charge in [-0.2, -0.15) is 0 Å². The van der Waals surface area contributed by atoms with E-state index in [0.717, 1.165) is 38.5 Å². The zero-order chi connectivity index (χ0) is 28.6. The summed E-state index contributed by atoms with van der Waals surface area (Å²) < 4.78 is 4.95. The predicted octanol–water partition coefficient (Wildman–Crippen LogP) is 6.05. The quantitative estimate of drug-likeness (QED) is 0.160. The topological polar surface area (TPSA) is 92.8 Å². The van der Waals surface area contributed by atoms with Gasteiger partial charge in [-0.15, -0.1) is 0 Å². The van der Waals surface area contributed by atoms with Gasteiger partial charge >= 0.3 is 5.97 Å². The molecule has 0 unspecified atom stereocenters. The molecule has 0 radical (unpaired) electrons. The number of nitrogens with one attached hydrogen (secondary N) is 1. The van der Waals surface area contributed by atoms with Crippen molar-refractivity contribution in [2.45, 2.75) is 90.5 Å². The summed E-state index contributed by atoms with van der Waals surface area (Å²) in [5.41, 5.74) is 0. The van der Waals surface area contributed by atoms with Gasteiger partial charge in [-0.25, -0.2) is 0 Å². The number of hydrogen-bond acceptors (Lipinski definition) is 5. The maximum atomic E-state index is 12.3. The number of carbonyl (C=O) groups is 4. The van der Waals surface area contributed by atoms with Crippen LogP contribution in [0.15, 0.2) is 72.9 Å². The summed E-state index contributed by atoms with van der Waals surface area (Å²) in [6, 6.07) is -0.673. The number of imide groups is 1. The van der Waals surface area contributed by atoms with Crippen molar-refractivity contribution in [1.82, 2.24) is 10.2 Å². The van der Waals surface area contributed by atoms with Crippen LogP contribution in [-0.2, 0) is 23.9 Å². The summed E-state index contributed by atoms with van der Waals surface area (Å²) in [6.07, 6.45) is 33.3. The number of rotatable bonds is 19. The highest BCUT2D eigenvalue weighted by molar-refractivity contribution is 6.00. The maximum Gasteiger partial charge on any atom is 0.306 e. The Morgan fingerprint density at radius 2 is 1.33 bits per heavy atom. The summed E-state index contributed by atoms with van der Waals surface area (Å²) >= 11 is 0. The van der Waals surface area contributed by atoms with Gasteiger partial charge in [0.1, 0.15) is 6.04 Å². The third kappa shape index (κ3) is 16.9. The van der Waals surface area contributed by atoms with Crippen LogP contribution in [0.3, 0.4) is 0 Å². The maximum absolute atomic E-state index is 12.3. The molecule has 1 atom stereocenters. The summed E-state index contributed by atoms with van der Waals surface area (Å²) in [5.74, 6) is -1.80. The number of likely N-dealkylation sites (tertiary alicyclic amines) is 1. The van der Waals surface area contributed by atoms with E-state index in [1.807, 2.05) is 12.2 Å². The van der Waals surface area contributed by atoms with Gasteiger partial charge in [0.15, 0.2) is 6.61 Å². The van der Waals surface area contributed by atoms with Gasteiger partial charge in [-0.1, -0.05) is 86.8 Å². The molecule has 0 bridgehead atoms. The molecule has 0 saturated carbocycles. The van der Waals surface area contributed by atoms with E-state index in [0.29, 0.717) is 32.2 Å². The molecule has 0 aromatic rings. The number of hydrogen-bond donors (Lipinski definition) is 1. The molecule has 1 fully saturated rings. The zero-order valence-electron chi connectivity index (χ0n) is 23.7. The van der Waals surface area contributed by atoms with Crippen molar-refractivity contribution in [2.24, 2.45) is 0 Å². The van der Waals surface area contributed by atoms with Gasteiger partial charge in [0, 0.05) is 19.4 Å². The SMILES string of the molecule is CCC=CCC=CCC=CCC=CCC=CCC=CCCC(=O)OCC(=O)NC(=O)[C@H](CC)N1CCCC1=O. The van der Waals surface area contributed by atoms with Crippen molar-refractivity contribution < 1.29 is 23.9 Å². The summed E-state index contributed by atoms with van der Waals surface area (Å²) in [5, 5.41) is 2.23. The van der Waals surface area contributed by atoms with Gasteiger partial charge in [0.2, 0.25) is 11.8 Å². The minimum atomic E-state index is -0.688. The fourth-order valence-electron chi connectivity index (χ4n) is 3.86. The van der Waals surface area contributed by atoms with E-state index in [1.54, 1.807) is 6.92 Å². The molecule has 7 heteroatoms. The standard InChI is InChI=1S/C32H46N2O5/c1-3-5-6-7-8-9-10-11-12-13-14-15-16-17-18-19-20-21-22-25-31(37)39-27-29(35)33-32(38)28(4-2)34-26-23-24-30(34)36/h5-6,8-9,11-12,14-15,17-18,20-21,28H,3-4,7,10,13,16,19,22-27H2,1-2H3,(H,33,35,38)/t28-/m0/s1. The molecule has 0 aromatic carbocycles. The van der Waals surface area contributed by atoms with Crippen molar-refractivity contribution >= 4 is 23.7 Å². The summed E-state index contributed by atoms with van der Waals surface area (Å²) in [6.45, 7) is 3.93. The van der Waals surface area contributed by atoms with Crippen molar-refractivity contribution in [1.29, 1.82) is 0 Å². The Morgan fingerprint density at radius 3 is 1.79 bits per heavy atom. The molecule has 214 valence electrons. The fourth-order valence-corrected chi connectivity index (χ4v) is 3.86. The molecule has 1 aliphatic heterocycles. The highest BCUT2D eigenvalue weighted by atomic mass is 16.5. The van der Waals surface area contributed by atoms with Crippen LogP contribution in [0.4, 0.5) is 0 Å². The van der Waals surface area contributed by atoms with Crippen LogP contribution in [0.25, 0.3) is 0 Å². The van der Waals surface area contributed by atoms with Crippen LogP contribution >= 0.6 is 0 Å². The van der Waals surface area contributed by atoms with E-state index in [9.17, 15) is 19.2 Å². The first-order chi connectivity index (χ1) is 19.0. The van der Waals surface area contributed by atoms with E-state index >= 15 is 0 Å². The zero-order valence-corrected chi connectivity index (χ0v) is 23.7. The third-order valence-corrected chi connectivity index (χ3v) is 5.91. The van der Waals surface area contributed by atoms with Crippen LogP contribution < -0.4 is 5.32 Å².